The molecule has 8 nitrogen and oxygen atoms in total. The Morgan fingerprint density at radius 1 is 1.11 bits per heavy atom. The van der Waals surface area contributed by atoms with E-state index in [4.69, 9.17) is 9.47 Å². The fourth-order valence-electron chi connectivity index (χ4n) is 4.46. The summed E-state index contributed by atoms with van der Waals surface area (Å²) in [5.41, 5.74) is 0.479. The number of alkyl halides is 2. The van der Waals surface area contributed by atoms with Crippen LogP contribution in [0, 0.1) is 12.7 Å². The zero-order chi connectivity index (χ0) is 26.7. The quantitative estimate of drug-likeness (QED) is 0.384. The second-order valence-electron chi connectivity index (χ2n) is 9.06. The van der Waals surface area contributed by atoms with Gasteiger partial charge in [-0.05, 0) is 38.7 Å². The number of ether oxygens (including phenoxy) is 2. The van der Waals surface area contributed by atoms with Gasteiger partial charge in [-0.1, -0.05) is 18.2 Å². The van der Waals surface area contributed by atoms with Crippen LogP contribution in [0.3, 0.4) is 0 Å². The average Bonchev–Trinajstić information content (AvgIpc) is 2.84. The highest BCUT2D eigenvalue weighted by Crippen LogP contribution is 2.38. The number of nitrogens with one attached hydrogen (secondary N) is 1. The molecule has 0 bridgehead atoms. The summed E-state index contributed by atoms with van der Waals surface area (Å²) in [6.45, 7) is 3.92. The third-order valence-corrected chi connectivity index (χ3v) is 8.14. The van der Waals surface area contributed by atoms with Gasteiger partial charge >= 0.3 is 0 Å². The molecule has 0 amide bonds. The van der Waals surface area contributed by atoms with Gasteiger partial charge in [-0.25, -0.2) is 31.6 Å². The standard InChI is InChI=1S/C25H29F3N4O4S/c1-14(17-5-4-6-18(21(17)26)22(27)28)29-23-20-13-19(16-7-11-37(33,34)12-8-16)25(36-10-9-35-3)32-24(20)31-15(2)30-23/h4-6,13-14,16,22H,7-12H2,1-3H3,(H,29,30,31,32)/t14-/m1/s1. The highest BCUT2D eigenvalue weighted by Gasteiger charge is 2.29. The molecule has 2 aromatic heterocycles. The smallest absolute Gasteiger partial charge is 0.266 e. The summed E-state index contributed by atoms with van der Waals surface area (Å²) in [6, 6.07) is 5.03. The van der Waals surface area contributed by atoms with Crippen molar-refractivity contribution in [3.8, 4) is 5.88 Å². The molecule has 1 aliphatic rings. The predicted octanol–water partition coefficient (Wildman–Crippen LogP) is 4.90. The second kappa shape index (κ2) is 11.2. The molecular weight excluding hydrogens is 509 g/mol. The monoisotopic (exact) mass is 538 g/mol. The minimum absolute atomic E-state index is 0.0690. The number of aromatic nitrogens is 3. The normalized spacial score (nSPS) is 16.7. The molecule has 1 aliphatic heterocycles. The molecule has 3 aromatic rings. The van der Waals surface area contributed by atoms with Gasteiger partial charge in [0.25, 0.3) is 6.43 Å². The molecule has 1 atom stereocenters. The number of nitrogens with zero attached hydrogens (tertiary/aromatic N) is 3. The van der Waals surface area contributed by atoms with Gasteiger partial charge in [-0.3, -0.25) is 0 Å². The van der Waals surface area contributed by atoms with Crippen LogP contribution in [0.15, 0.2) is 24.3 Å². The summed E-state index contributed by atoms with van der Waals surface area (Å²) in [7, 11) is -1.53. The maximum Gasteiger partial charge on any atom is 0.266 e. The lowest BCUT2D eigenvalue weighted by molar-refractivity contribution is 0.143. The van der Waals surface area contributed by atoms with Gasteiger partial charge < -0.3 is 14.8 Å². The average molecular weight is 539 g/mol. The predicted molar refractivity (Wildman–Crippen MR) is 133 cm³/mol. The fourth-order valence-corrected chi connectivity index (χ4v) is 5.95. The van der Waals surface area contributed by atoms with Gasteiger partial charge in [-0.2, -0.15) is 4.98 Å². The Bertz CT molecular complexity index is 1370. The molecule has 0 unspecified atom stereocenters. The van der Waals surface area contributed by atoms with E-state index in [2.05, 4.69) is 20.3 Å². The Balaban J connectivity index is 1.75. The number of sulfone groups is 1. The van der Waals surface area contributed by atoms with Crippen LogP contribution in [0.1, 0.15) is 60.7 Å². The van der Waals surface area contributed by atoms with Gasteiger partial charge in [0.15, 0.2) is 5.65 Å². The third-order valence-electron chi connectivity index (χ3n) is 6.43. The van der Waals surface area contributed by atoms with Crippen molar-refractivity contribution in [2.45, 2.75) is 45.1 Å². The molecule has 12 heteroatoms. The Hall–Kier alpha value is -2.99. The first-order valence-corrected chi connectivity index (χ1v) is 13.8. The maximum absolute atomic E-state index is 14.8. The summed E-state index contributed by atoms with van der Waals surface area (Å²) in [5, 5.41) is 3.66. The van der Waals surface area contributed by atoms with E-state index >= 15 is 0 Å². The van der Waals surface area contributed by atoms with E-state index in [0.717, 1.165) is 11.6 Å². The third kappa shape index (κ3) is 6.12. The van der Waals surface area contributed by atoms with Crippen molar-refractivity contribution in [3.63, 3.8) is 0 Å². The van der Waals surface area contributed by atoms with Gasteiger partial charge in [0, 0.05) is 18.2 Å². The van der Waals surface area contributed by atoms with E-state index in [-0.39, 0.29) is 29.6 Å². The lowest BCUT2D eigenvalue weighted by atomic mass is 9.93. The van der Waals surface area contributed by atoms with Crippen molar-refractivity contribution in [1.82, 2.24) is 15.0 Å². The first-order valence-electron chi connectivity index (χ1n) is 11.9. The number of rotatable bonds is 9. The number of anilines is 1. The zero-order valence-electron chi connectivity index (χ0n) is 20.8. The van der Waals surface area contributed by atoms with Crippen LogP contribution < -0.4 is 10.1 Å². The van der Waals surface area contributed by atoms with Crippen LogP contribution in [0.4, 0.5) is 19.0 Å². The summed E-state index contributed by atoms with van der Waals surface area (Å²) in [5.74, 6) is 0.169. The van der Waals surface area contributed by atoms with Gasteiger partial charge in [0.1, 0.15) is 33.9 Å². The van der Waals surface area contributed by atoms with Crippen molar-refractivity contribution >= 4 is 26.7 Å². The molecule has 0 aliphatic carbocycles. The lowest BCUT2D eigenvalue weighted by Gasteiger charge is -2.25. The summed E-state index contributed by atoms with van der Waals surface area (Å²) >= 11 is 0. The highest BCUT2D eigenvalue weighted by atomic mass is 32.2. The topological polar surface area (TPSA) is 103 Å². The molecule has 1 saturated heterocycles. The van der Waals surface area contributed by atoms with E-state index in [1.165, 1.54) is 12.1 Å². The van der Waals surface area contributed by atoms with E-state index in [0.29, 0.717) is 48.0 Å². The number of benzene rings is 1. The molecule has 1 N–H and O–H groups in total. The van der Waals surface area contributed by atoms with Crippen LogP contribution >= 0.6 is 0 Å². The maximum atomic E-state index is 14.8. The lowest BCUT2D eigenvalue weighted by Crippen LogP contribution is -2.23. The molecule has 0 spiro atoms. The molecule has 0 radical (unpaired) electrons. The summed E-state index contributed by atoms with van der Waals surface area (Å²) in [4.78, 5) is 13.5. The molecule has 0 saturated carbocycles. The van der Waals surface area contributed by atoms with E-state index in [1.807, 2.05) is 6.07 Å². The van der Waals surface area contributed by atoms with Crippen LogP contribution in [-0.4, -0.2) is 55.2 Å². The van der Waals surface area contributed by atoms with Crippen molar-refractivity contribution < 1.29 is 31.1 Å². The number of methoxy groups -OCH3 is 1. The highest BCUT2D eigenvalue weighted by molar-refractivity contribution is 7.91. The van der Waals surface area contributed by atoms with Crippen LogP contribution in [-0.2, 0) is 14.6 Å². The molecule has 37 heavy (non-hydrogen) atoms. The second-order valence-corrected chi connectivity index (χ2v) is 11.4. The van der Waals surface area contributed by atoms with E-state index in [9.17, 15) is 21.6 Å². The largest absolute Gasteiger partial charge is 0.475 e. The summed E-state index contributed by atoms with van der Waals surface area (Å²) in [6.07, 6.45) is -2.08. The van der Waals surface area contributed by atoms with Crippen molar-refractivity contribution in [1.29, 1.82) is 0 Å². The molecular formula is C25H29F3N4O4S. The number of pyridine rings is 1. The number of halogens is 3. The Kier molecular flexibility index (Phi) is 8.17. The first-order chi connectivity index (χ1) is 17.6. The molecule has 4 rings (SSSR count). The van der Waals surface area contributed by atoms with E-state index < -0.39 is 33.7 Å². The number of fused-ring (bicyclic) bond motifs is 1. The van der Waals surface area contributed by atoms with E-state index in [1.54, 1.807) is 21.0 Å². The minimum atomic E-state index is -3.08. The Morgan fingerprint density at radius 3 is 2.49 bits per heavy atom. The number of hydrogen-bond donors (Lipinski definition) is 1. The molecule has 1 fully saturated rings. The van der Waals surface area contributed by atoms with Gasteiger partial charge in [0.05, 0.1) is 35.1 Å². The number of aryl methyl sites for hydroxylation is 1. The molecule has 200 valence electrons. The Morgan fingerprint density at radius 2 is 1.81 bits per heavy atom. The van der Waals surface area contributed by atoms with Crippen LogP contribution in [0.25, 0.3) is 11.0 Å². The van der Waals surface area contributed by atoms with Crippen molar-refractivity contribution in [2.75, 3.05) is 37.1 Å². The zero-order valence-corrected chi connectivity index (χ0v) is 21.6. The molecule has 1 aromatic carbocycles. The number of hydrogen-bond acceptors (Lipinski definition) is 8. The van der Waals surface area contributed by atoms with Crippen molar-refractivity contribution in [2.24, 2.45) is 0 Å². The SMILES string of the molecule is COCCOc1nc2nc(C)nc(N[C@H](C)c3cccc(C(F)F)c3F)c2cc1C1CCS(=O)(=O)CC1. The van der Waals surface area contributed by atoms with Crippen LogP contribution in [0.2, 0.25) is 0 Å². The van der Waals surface area contributed by atoms with Gasteiger partial charge in [-0.15, -0.1) is 0 Å². The van der Waals surface area contributed by atoms with Crippen LogP contribution in [0.5, 0.6) is 5.88 Å². The fraction of sp³-hybridized carbons (Fsp3) is 0.480. The minimum Gasteiger partial charge on any atom is -0.475 e. The van der Waals surface area contributed by atoms with Crippen molar-refractivity contribution in [3.05, 3.63) is 52.6 Å². The summed E-state index contributed by atoms with van der Waals surface area (Å²) < 4.78 is 76.2. The first kappa shape index (κ1) is 27.1. The Labute approximate surface area is 213 Å². The van der Waals surface area contributed by atoms with Gasteiger partial charge in [0.2, 0.25) is 5.88 Å². The molecule has 3 heterocycles.